The van der Waals surface area contributed by atoms with E-state index in [1.165, 1.54) is 40.9 Å². The fourth-order valence-corrected chi connectivity index (χ4v) is 5.57. The first kappa shape index (κ1) is 23.6. The highest BCUT2D eigenvalue weighted by Gasteiger charge is 2.29. The number of carbonyl (C=O) groups excluding carboxylic acids is 1. The van der Waals surface area contributed by atoms with Crippen LogP contribution >= 0.6 is 11.3 Å². The summed E-state index contributed by atoms with van der Waals surface area (Å²) in [6.07, 6.45) is 6.31. The molecule has 1 aliphatic rings. The molecule has 182 valence electrons. The Morgan fingerprint density at radius 3 is 2.80 bits per heavy atom. The lowest BCUT2D eigenvalue weighted by molar-refractivity contribution is -0.117. The third kappa shape index (κ3) is 5.26. The summed E-state index contributed by atoms with van der Waals surface area (Å²) in [5.74, 6) is 0.959. The van der Waals surface area contributed by atoms with E-state index in [0.717, 1.165) is 33.4 Å². The molecule has 0 unspecified atom stereocenters. The molecule has 7 heteroatoms. The predicted molar refractivity (Wildman–Crippen MR) is 141 cm³/mol. The molecule has 6 nitrogen and oxygen atoms in total. The van der Waals surface area contributed by atoms with Crippen LogP contribution in [0, 0.1) is 0 Å². The number of amides is 1. The van der Waals surface area contributed by atoms with Crippen LogP contribution in [-0.4, -0.2) is 21.3 Å². The first-order chi connectivity index (χ1) is 16.9. The lowest BCUT2D eigenvalue weighted by Gasteiger charge is -2.20. The minimum absolute atomic E-state index is 0.144. The van der Waals surface area contributed by atoms with Crippen molar-refractivity contribution < 1.29 is 9.53 Å². The average Bonchev–Trinajstić information content (AvgIpc) is 3.48. The van der Waals surface area contributed by atoms with E-state index in [2.05, 4.69) is 49.3 Å². The number of carbonyl (C=O) groups is 1. The number of imidazole rings is 1. The molecule has 3 aromatic heterocycles. The Morgan fingerprint density at radius 2 is 2.06 bits per heavy atom. The number of hydrogen-bond acceptors (Lipinski definition) is 5. The maximum absolute atomic E-state index is 11.8. The molecule has 1 fully saturated rings. The molecule has 4 aromatic rings. The van der Waals surface area contributed by atoms with E-state index in [1.807, 2.05) is 41.1 Å². The maximum atomic E-state index is 11.8. The number of aromatic nitrogens is 2. The largest absolute Gasteiger partial charge is 0.485 e. The summed E-state index contributed by atoms with van der Waals surface area (Å²) >= 11 is 1.54. The van der Waals surface area contributed by atoms with Gasteiger partial charge in [0.25, 0.3) is 0 Å². The fraction of sp³-hybridized carbons (Fsp3) is 0.357. The van der Waals surface area contributed by atoms with Gasteiger partial charge in [-0.1, -0.05) is 38.1 Å². The van der Waals surface area contributed by atoms with Crippen LogP contribution in [0.4, 0.5) is 0 Å². The molecule has 1 amide bonds. The molecule has 5 rings (SSSR count). The van der Waals surface area contributed by atoms with Gasteiger partial charge in [0, 0.05) is 24.8 Å². The number of nitrogens with two attached hydrogens (primary N) is 1. The number of ether oxygens (including phenoxy) is 1. The summed E-state index contributed by atoms with van der Waals surface area (Å²) in [4.78, 5) is 18.2. The smallest absolute Gasteiger partial charge is 0.222 e. The second kappa shape index (κ2) is 9.84. The van der Waals surface area contributed by atoms with Crippen molar-refractivity contribution in [3.63, 3.8) is 0 Å². The van der Waals surface area contributed by atoms with E-state index in [1.54, 1.807) is 0 Å². The summed E-state index contributed by atoms with van der Waals surface area (Å²) in [5.41, 5.74) is 11.3. The van der Waals surface area contributed by atoms with Gasteiger partial charge in [0.15, 0.2) is 0 Å². The first-order valence-corrected chi connectivity index (χ1v) is 13.1. The van der Waals surface area contributed by atoms with Crippen LogP contribution in [0.15, 0.2) is 54.9 Å². The van der Waals surface area contributed by atoms with Crippen LogP contribution < -0.4 is 15.8 Å². The van der Waals surface area contributed by atoms with Crippen molar-refractivity contribution in [1.82, 2.24) is 14.7 Å². The van der Waals surface area contributed by atoms with Crippen LogP contribution in [0.25, 0.3) is 16.2 Å². The van der Waals surface area contributed by atoms with Gasteiger partial charge in [-0.3, -0.25) is 9.20 Å². The lowest BCUT2D eigenvalue weighted by atomic mass is 9.96. The Morgan fingerprint density at radius 1 is 1.23 bits per heavy atom. The number of benzene rings is 1. The van der Waals surface area contributed by atoms with E-state index in [9.17, 15) is 4.79 Å². The zero-order valence-electron chi connectivity index (χ0n) is 20.5. The number of nitrogens with one attached hydrogen (secondary N) is 1. The van der Waals surface area contributed by atoms with Gasteiger partial charge in [-0.05, 0) is 54.5 Å². The van der Waals surface area contributed by atoms with E-state index < -0.39 is 0 Å². The first-order valence-electron chi connectivity index (χ1n) is 12.2. The molecule has 0 aliphatic heterocycles. The monoisotopic (exact) mass is 488 g/mol. The number of pyridine rings is 1. The number of fused-ring (bicyclic) bond motifs is 1. The lowest BCUT2D eigenvalue weighted by Crippen LogP contribution is -2.22. The van der Waals surface area contributed by atoms with Gasteiger partial charge in [-0.25, -0.2) is 4.98 Å². The van der Waals surface area contributed by atoms with E-state index in [0.29, 0.717) is 12.0 Å². The molecule has 3 heterocycles. The Bertz CT molecular complexity index is 1350. The van der Waals surface area contributed by atoms with Gasteiger partial charge in [-0.2, -0.15) is 0 Å². The zero-order valence-corrected chi connectivity index (χ0v) is 21.3. The highest BCUT2D eigenvalue weighted by molar-refractivity contribution is 7.15. The van der Waals surface area contributed by atoms with Crippen molar-refractivity contribution >= 4 is 22.9 Å². The Hall–Kier alpha value is -3.16. The molecule has 0 spiro atoms. The molecule has 1 saturated carbocycles. The number of thiophene rings is 1. The highest BCUT2D eigenvalue weighted by Crippen LogP contribution is 2.45. The van der Waals surface area contributed by atoms with Crippen LogP contribution in [-0.2, 0) is 17.8 Å². The third-order valence-corrected chi connectivity index (χ3v) is 7.54. The van der Waals surface area contributed by atoms with Crippen LogP contribution in [0.1, 0.15) is 67.2 Å². The minimum Gasteiger partial charge on any atom is -0.485 e. The van der Waals surface area contributed by atoms with Gasteiger partial charge >= 0.3 is 0 Å². The Labute approximate surface area is 210 Å². The number of rotatable bonds is 10. The molecular formula is C28H32N4O2S. The minimum atomic E-state index is -0.366. The topological polar surface area (TPSA) is 81.7 Å². The summed E-state index contributed by atoms with van der Waals surface area (Å²) in [7, 11) is 0. The number of primary amides is 1. The van der Waals surface area contributed by atoms with Crippen LogP contribution in [0.5, 0.6) is 5.75 Å². The van der Waals surface area contributed by atoms with Crippen LogP contribution in [0.3, 0.4) is 0 Å². The quantitative estimate of drug-likeness (QED) is 0.304. The van der Waals surface area contributed by atoms with Crippen molar-refractivity contribution in [2.75, 3.05) is 0 Å². The van der Waals surface area contributed by atoms with Crippen molar-refractivity contribution in [3.8, 4) is 16.3 Å². The zero-order chi connectivity index (χ0) is 24.5. The second-order valence-corrected chi connectivity index (χ2v) is 10.8. The normalized spacial score (nSPS) is 14.5. The summed E-state index contributed by atoms with van der Waals surface area (Å²) in [6, 6.07) is 15.1. The standard InChI is InChI=1S/C28H32N4O2S/c1-17(2)30-15-19-7-10-21(22(12-19)20-8-9-20)18(3)34-24-13-25(35-26(24)14-27(29)33)23-16-31-28-6-4-5-11-32(23)28/h4-7,10-13,16-18,20,30H,8-9,14-15H2,1-3H3,(H2,29,33)/t18-/m1/s1. The molecule has 0 saturated heterocycles. The van der Waals surface area contributed by atoms with E-state index in [-0.39, 0.29) is 18.4 Å². The maximum Gasteiger partial charge on any atom is 0.222 e. The Kier molecular flexibility index (Phi) is 6.62. The summed E-state index contributed by atoms with van der Waals surface area (Å²) in [6.45, 7) is 7.28. The molecule has 0 radical (unpaired) electrons. The van der Waals surface area contributed by atoms with Crippen LogP contribution in [0.2, 0.25) is 0 Å². The fourth-order valence-electron chi connectivity index (χ4n) is 4.46. The molecule has 35 heavy (non-hydrogen) atoms. The highest BCUT2D eigenvalue weighted by atomic mass is 32.1. The molecule has 1 aliphatic carbocycles. The molecule has 1 atom stereocenters. The molecule has 3 N–H and O–H groups in total. The van der Waals surface area contributed by atoms with Crippen molar-refractivity contribution in [1.29, 1.82) is 0 Å². The van der Waals surface area contributed by atoms with Crippen molar-refractivity contribution in [2.45, 2.75) is 64.6 Å². The predicted octanol–water partition coefficient (Wildman–Crippen LogP) is 5.61. The average molecular weight is 489 g/mol. The second-order valence-electron chi connectivity index (χ2n) is 9.65. The van der Waals surface area contributed by atoms with E-state index >= 15 is 0 Å². The van der Waals surface area contributed by atoms with Gasteiger partial charge in [0.2, 0.25) is 5.91 Å². The van der Waals surface area contributed by atoms with E-state index in [4.69, 9.17) is 10.5 Å². The summed E-state index contributed by atoms with van der Waals surface area (Å²) < 4.78 is 8.58. The molecule has 1 aromatic carbocycles. The number of hydrogen-bond donors (Lipinski definition) is 2. The Balaban J connectivity index is 1.45. The van der Waals surface area contributed by atoms with Crippen molar-refractivity contribution in [3.05, 3.63) is 76.4 Å². The van der Waals surface area contributed by atoms with Gasteiger partial charge in [-0.15, -0.1) is 11.3 Å². The summed E-state index contributed by atoms with van der Waals surface area (Å²) in [5, 5.41) is 3.51. The number of nitrogens with zero attached hydrogens (tertiary/aromatic N) is 2. The molecule has 0 bridgehead atoms. The third-order valence-electron chi connectivity index (χ3n) is 6.40. The van der Waals surface area contributed by atoms with Crippen molar-refractivity contribution in [2.24, 2.45) is 5.73 Å². The molecular weight excluding hydrogens is 456 g/mol. The van der Waals surface area contributed by atoms with Gasteiger partial charge < -0.3 is 15.8 Å². The SMILES string of the molecule is CC(C)NCc1ccc([C@@H](C)Oc2cc(-c3cnc4ccccn34)sc2CC(N)=O)c(C2CC2)c1. The van der Waals surface area contributed by atoms with Gasteiger partial charge in [0.05, 0.1) is 28.1 Å². The van der Waals surface area contributed by atoms with Gasteiger partial charge in [0.1, 0.15) is 17.5 Å².